The lowest BCUT2D eigenvalue weighted by molar-refractivity contribution is 0.444. The summed E-state index contributed by atoms with van der Waals surface area (Å²) in [5.41, 5.74) is 0.534. The fraction of sp³-hybridized carbons (Fsp3) is 0.0909. The van der Waals surface area contributed by atoms with Gasteiger partial charge in [-0.25, -0.2) is 13.8 Å². The molecule has 1 heterocycles. The van der Waals surface area contributed by atoms with Crippen molar-refractivity contribution in [3.05, 3.63) is 47.9 Å². The molecule has 0 saturated heterocycles. The van der Waals surface area contributed by atoms with Crippen molar-refractivity contribution in [2.75, 3.05) is 0 Å². The van der Waals surface area contributed by atoms with Crippen molar-refractivity contribution in [3.8, 4) is 11.6 Å². The van der Waals surface area contributed by atoms with Crippen LogP contribution in [0.1, 0.15) is 5.69 Å². The van der Waals surface area contributed by atoms with Crippen LogP contribution in [0.15, 0.2) is 30.6 Å². The van der Waals surface area contributed by atoms with E-state index in [1.165, 1.54) is 18.5 Å². The first-order valence-corrected chi connectivity index (χ1v) is 5.22. The first-order valence-electron chi connectivity index (χ1n) is 4.69. The molecule has 2 rings (SSSR count). The largest absolute Gasteiger partial charge is 0.437 e. The summed E-state index contributed by atoms with van der Waals surface area (Å²) in [5.74, 6) is -1.40. The lowest BCUT2D eigenvalue weighted by atomic mass is 10.3. The zero-order valence-corrected chi connectivity index (χ0v) is 9.29. The van der Waals surface area contributed by atoms with E-state index in [1.54, 1.807) is 0 Å². The average molecular weight is 257 g/mol. The van der Waals surface area contributed by atoms with Crippen molar-refractivity contribution in [2.45, 2.75) is 5.88 Å². The van der Waals surface area contributed by atoms with Crippen molar-refractivity contribution in [1.29, 1.82) is 0 Å². The van der Waals surface area contributed by atoms with E-state index in [9.17, 15) is 8.78 Å². The number of nitrogens with zero attached hydrogens (tertiary/aromatic N) is 2. The minimum Gasteiger partial charge on any atom is -0.437 e. The first-order chi connectivity index (χ1) is 8.19. The molecule has 17 heavy (non-hydrogen) atoms. The summed E-state index contributed by atoms with van der Waals surface area (Å²) in [5, 5.41) is 0. The smallest absolute Gasteiger partial charge is 0.238 e. The van der Waals surface area contributed by atoms with Gasteiger partial charge in [-0.2, -0.15) is 0 Å². The van der Waals surface area contributed by atoms with Crippen LogP contribution < -0.4 is 4.74 Å². The van der Waals surface area contributed by atoms with Gasteiger partial charge in [0.25, 0.3) is 0 Å². The van der Waals surface area contributed by atoms with Gasteiger partial charge in [-0.05, 0) is 12.1 Å². The molecule has 0 aliphatic rings. The molecule has 0 atom stereocenters. The summed E-state index contributed by atoms with van der Waals surface area (Å²) in [6.45, 7) is 0. The predicted molar refractivity (Wildman–Crippen MR) is 58.0 cm³/mol. The Bertz CT molecular complexity index is 537. The quantitative estimate of drug-likeness (QED) is 0.791. The summed E-state index contributed by atoms with van der Waals surface area (Å²) in [7, 11) is 0. The maximum absolute atomic E-state index is 12.9. The Labute approximate surface area is 101 Å². The maximum atomic E-state index is 12.9. The second kappa shape index (κ2) is 5.05. The number of aromatic nitrogens is 2. The Kier molecular flexibility index (Phi) is 3.49. The maximum Gasteiger partial charge on any atom is 0.238 e. The van der Waals surface area contributed by atoms with E-state index in [2.05, 4.69) is 9.97 Å². The third kappa shape index (κ3) is 2.88. The van der Waals surface area contributed by atoms with E-state index in [1.807, 2.05) is 0 Å². The molecule has 0 N–H and O–H groups in total. The molecular formula is C11H7ClF2N2O. The topological polar surface area (TPSA) is 35.0 Å². The van der Waals surface area contributed by atoms with Gasteiger partial charge in [0, 0.05) is 12.3 Å². The zero-order valence-electron chi connectivity index (χ0n) is 8.53. The van der Waals surface area contributed by atoms with E-state index in [-0.39, 0.29) is 17.5 Å². The summed E-state index contributed by atoms with van der Waals surface area (Å²) in [4.78, 5) is 7.86. The first kappa shape index (κ1) is 11.7. The van der Waals surface area contributed by atoms with Crippen LogP contribution in [0.3, 0.4) is 0 Å². The van der Waals surface area contributed by atoms with Gasteiger partial charge < -0.3 is 4.74 Å². The summed E-state index contributed by atoms with van der Waals surface area (Å²) in [6, 6.07) is 3.21. The molecule has 88 valence electrons. The van der Waals surface area contributed by atoms with Crippen LogP contribution in [0.5, 0.6) is 11.6 Å². The molecule has 3 nitrogen and oxygen atoms in total. The second-order valence-corrected chi connectivity index (χ2v) is 3.43. The van der Waals surface area contributed by atoms with Gasteiger partial charge in [0.15, 0.2) is 11.6 Å². The van der Waals surface area contributed by atoms with Gasteiger partial charge in [0.05, 0.1) is 17.8 Å². The highest BCUT2D eigenvalue weighted by Crippen LogP contribution is 2.21. The van der Waals surface area contributed by atoms with Crippen LogP contribution in [0.4, 0.5) is 8.78 Å². The van der Waals surface area contributed by atoms with E-state index in [0.29, 0.717) is 5.69 Å². The Balaban J connectivity index is 2.22. The fourth-order valence-corrected chi connectivity index (χ4v) is 1.29. The number of hydrogen-bond acceptors (Lipinski definition) is 3. The van der Waals surface area contributed by atoms with E-state index in [4.69, 9.17) is 16.3 Å². The molecule has 0 aliphatic heterocycles. The number of alkyl halides is 1. The van der Waals surface area contributed by atoms with E-state index >= 15 is 0 Å². The molecule has 2 aromatic rings. The molecule has 0 amide bonds. The lowest BCUT2D eigenvalue weighted by Crippen LogP contribution is -1.94. The van der Waals surface area contributed by atoms with Gasteiger partial charge in [-0.15, -0.1) is 11.6 Å². The van der Waals surface area contributed by atoms with Gasteiger partial charge in [-0.3, -0.25) is 4.98 Å². The SMILES string of the molecule is Fc1ccc(Oc2cncc(CCl)n2)cc1F. The van der Waals surface area contributed by atoms with Crippen LogP contribution in [-0.4, -0.2) is 9.97 Å². The number of benzene rings is 1. The summed E-state index contributed by atoms with van der Waals surface area (Å²) < 4.78 is 30.8. The monoisotopic (exact) mass is 256 g/mol. The third-order valence-corrected chi connectivity index (χ3v) is 2.19. The predicted octanol–water partition coefficient (Wildman–Crippen LogP) is 3.29. The van der Waals surface area contributed by atoms with Crippen LogP contribution in [0, 0.1) is 11.6 Å². The molecule has 0 fully saturated rings. The zero-order chi connectivity index (χ0) is 12.3. The molecule has 0 unspecified atom stereocenters. The van der Waals surface area contributed by atoms with Crippen molar-refractivity contribution < 1.29 is 13.5 Å². The summed E-state index contributed by atoms with van der Waals surface area (Å²) >= 11 is 5.58. The molecule has 0 spiro atoms. The number of rotatable bonds is 3. The molecule has 0 aliphatic carbocycles. The van der Waals surface area contributed by atoms with Gasteiger partial charge in [-0.1, -0.05) is 0 Å². The second-order valence-electron chi connectivity index (χ2n) is 3.16. The number of hydrogen-bond donors (Lipinski definition) is 0. The van der Waals surface area contributed by atoms with Crippen molar-refractivity contribution in [3.63, 3.8) is 0 Å². The molecule has 1 aromatic heterocycles. The molecule has 0 bridgehead atoms. The number of ether oxygens (including phenoxy) is 1. The van der Waals surface area contributed by atoms with Gasteiger partial charge in [0.2, 0.25) is 5.88 Å². The molecule has 1 aromatic carbocycles. The average Bonchev–Trinajstić information content (AvgIpc) is 2.34. The molecule has 0 saturated carbocycles. The molecular weight excluding hydrogens is 250 g/mol. The highest BCUT2D eigenvalue weighted by atomic mass is 35.5. The standard InChI is InChI=1S/C11H7ClF2N2O/c12-4-7-5-15-6-11(16-7)17-8-1-2-9(13)10(14)3-8/h1-3,5-6H,4H2. The van der Waals surface area contributed by atoms with Crippen molar-refractivity contribution in [1.82, 2.24) is 9.97 Å². The Morgan fingerprint density at radius 2 is 2.00 bits per heavy atom. The van der Waals surface area contributed by atoms with Gasteiger partial charge in [0.1, 0.15) is 5.75 Å². The van der Waals surface area contributed by atoms with Crippen LogP contribution in [0.2, 0.25) is 0 Å². The Morgan fingerprint density at radius 3 is 2.71 bits per heavy atom. The van der Waals surface area contributed by atoms with Crippen molar-refractivity contribution >= 4 is 11.6 Å². The lowest BCUT2D eigenvalue weighted by Gasteiger charge is -2.05. The van der Waals surface area contributed by atoms with E-state index in [0.717, 1.165) is 12.1 Å². The number of halogens is 3. The molecule has 0 radical (unpaired) electrons. The highest BCUT2D eigenvalue weighted by molar-refractivity contribution is 6.16. The van der Waals surface area contributed by atoms with E-state index < -0.39 is 11.6 Å². The minimum absolute atomic E-state index is 0.143. The van der Waals surface area contributed by atoms with Crippen LogP contribution in [-0.2, 0) is 5.88 Å². The van der Waals surface area contributed by atoms with Crippen molar-refractivity contribution in [2.24, 2.45) is 0 Å². The third-order valence-electron chi connectivity index (χ3n) is 1.91. The normalized spacial score (nSPS) is 10.3. The summed E-state index contributed by atoms with van der Waals surface area (Å²) in [6.07, 6.45) is 2.85. The fourth-order valence-electron chi connectivity index (χ4n) is 1.16. The Hall–Kier alpha value is -1.75. The molecule has 6 heteroatoms. The van der Waals surface area contributed by atoms with Gasteiger partial charge >= 0.3 is 0 Å². The Morgan fingerprint density at radius 1 is 1.18 bits per heavy atom. The highest BCUT2D eigenvalue weighted by Gasteiger charge is 2.05. The minimum atomic E-state index is -0.982. The van der Waals surface area contributed by atoms with Crippen LogP contribution in [0.25, 0.3) is 0 Å². The van der Waals surface area contributed by atoms with Crippen LogP contribution >= 0.6 is 11.6 Å².